The molecule has 2 aliphatic rings. The molecule has 0 spiro atoms. The zero-order chi connectivity index (χ0) is 14.7. The molecule has 1 aliphatic heterocycles. The van der Waals surface area contributed by atoms with Crippen LogP contribution in [0.1, 0.15) is 38.5 Å². The molecule has 1 heterocycles. The second-order valence-electron chi connectivity index (χ2n) is 5.60. The van der Waals surface area contributed by atoms with E-state index < -0.39 is 23.9 Å². The molecule has 2 rings (SSSR count). The van der Waals surface area contributed by atoms with E-state index in [2.05, 4.69) is 5.32 Å². The lowest BCUT2D eigenvalue weighted by atomic mass is 9.92. The van der Waals surface area contributed by atoms with Gasteiger partial charge >= 0.3 is 12.0 Å². The molecule has 4 N–H and O–H groups in total. The predicted molar refractivity (Wildman–Crippen MR) is 70.8 cm³/mol. The van der Waals surface area contributed by atoms with Crippen molar-refractivity contribution < 1.29 is 19.5 Å². The maximum Gasteiger partial charge on any atom is 0.326 e. The van der Waals surface area contributed by atoms with E-state index in [0.29, 0.717) is 12.5 Å². The first-order valence-electron chi connectivity index (χ1n) is 7.07. The molecule has 112 valence electrons. The average Bonchev–Trinajstić information content (AvgIpc) is 2.84. The summed E-state index contributed by atoms with van der Waals surface area (Å²) in [7, 11) is 0. The summed E-state index contributed by atoms with van der Waals surface area (Å²) < 4.78 is 0. The number of fused-ring (bicyclic) bond motifs is 1. The van der Waals surface area contributed by atoms with Crippen molar-refractivity contribution >= 4 is 17.9 Å². The van der Waals surface area contributed by atoms with Crippen LogP contribution in [0, 0.1) is 5.92 Å². The Kier molecular flexibility index (Phi) is 4.46. The Morgan fingerprint density at radius 1 is 1.25 bits per heavy atom. The molecule has 0 radical (unpaired) electrons. The number of carboxylic acid groups (broad SMARTS) is 1. The van der Waals surface area contributed by atoms with E-state index in [1.165, 1.54) is 0 Å². The number of carbonyl (C=O) groups excluding carboxylic acids is 2. The minimum absolute atomic E-state index is 0.215. The second kappa shape index (κ2) is 6.11. The number of aliphatic carboxylic acids is 1. The number of nitrogens with one attached hydrogen (secondary N) is 1. The average molecular weight is 283 g/mol. The molecule has 3 amide bonds. The molecule has 1 saturated heterocycles. The van der Waals surface area contributed by atoms with Crippen molar-refractivity contribution in [3.05, 3.63) is 0 Å². The molecule has 1 saturated carbocycles. The lowest BCUT2D eigenvalue weighted by molar-refractivity contribution is -0.141. The molecular weight excluding hydrogens is 262 g/mol. The third-order valence-corrected chi connectivity index (χ3v) is 4.26. The van der Waals surface area contributed by atoms with Crippen molar-refractivity contribution in [2.24, 2.45) is 11.7 Å². The van der Waals surface area contributed by atoms with Gasteiger partial charge in [-0.05, 0) is 31.6 Å². The smallest absolute Gasteiger partial charge is 0.326 e. The van der Waals surface area contributed by atoms with E-state index in [9.17, 15) is 14.4 Å². The first kappa shape index (κ1) is 14.6. The predicted octanol–water partition coefficient (Wildman–Crippen LogP) is 0.289. The van der Waals surface area contributed by atoms with E-state index in [4.69, 9.17) is 10.8 Å². The summed E-state index contributed by atoms with van der Waals surface area (Å²) in [6.07, 6.45) is 4.93. The number of carbonyl (C=O) groups is 3. The number of primary amides is 1. The van der Waals surface area contributed by atoms with Crippen LogP contribution in [0.15, 0.2) is 0 Å². The maximum absolute atomic E-state index is 12.2. The van der Waals surface area contributed by atoms with Gasteiger partial charge < -0.3 is 21.1 Å². The van der Waals surface area contributed by atoms with Crippen LogP contribution in [-0.2, 0) is 9.59 Å². The van der Waals surface area contributed by atoms with Gasteiger partial charge in [-0.1, -0.05) is 6.42 Å². The Labute approximate surface area is 117 Å². The van der Waals surface area contributed by atoms with Gasteiger partial charge in [0.15, 0.2) is 0 Å². The minimum Gasteiger partial charge on any atom is -0.480 e. The van der Waals surface area contributed by atoms with Gasteiger partial charge in [-0.15, -0.1) is 0 Å². The van der Waals surface area contributed by atoms with Crippen LogP contribution in [-0.4, -0.2) is 46.5 Å². The van der Waals surface area contributed by atoms with E-state index in [1.807, 2.05) is 0 Å². The topological polar surface area (TPSA) is 113 Å². The quantitative estimate of drug-likeness (QED) is 0.688. The Morgan fingerprint density at radius 3 is 2.60 bits per heavy atom. The largest absolute Gasteiger partial charge is 0.480 e. The number of nitrogens with zero attached hydrogens (tertiary/aromatic N) is 1. The fourth-order valence-corrected chi connectivity index (χ4v) is 3.34. The summed E-state index contributed by atoms with van der Waals surface area (Å²) in [4.78, 5) is 35.9. The normalized spacial score (nSPS) is 26.7. The lowest BCUT2D eigenvalue weighted by Gasteiger charge is -2.38. The summed E-state index contributed by atoms with van der Waals surface area (Å²) in [6, 6.07) is -1.43. The van der Waals surface area contributed by atoms with Crippen molar-refractivity contribution in [3.8, 4) is 0 Å². The van der Waals surface area contributed by atoms with Gasteiger partial charge in [-0.25, -0.2) is 9.59 Å². The zero-order valence-corrected chi connectivity index (χ0v) is 11.4. The molecule has 3 atom stereocenters. The Hall–Kier alpha value is -1.79. The van der Waals surface area contributed by atoms with Crippen LogP contribution < -0.4 is 11.1 Å². The van der Waals surface area contributed by atoms with Gasteiger partial charge in [0.2, 0.25) is 5.91 Å². The monoisotopic (exact) mass is 283 g/mol. The molecule has 7 nitrogen and oxygen atoms in total. The van der Waals surface area contributed by atoms with Crippen molar-refractivity contribution in [2.75, 3.05) is 6.54 Å². The summed E-state index contributed by atoms with van der Waals surface area (Å²) >= 11 is 0. The molecule has 1 aliphatic carbocycles. The molecule has 20 heavy (non-hydrogen) atoms. The maximum atomic E-state index is 12.2. The Balaban J connectivity index is 1.98. The van der Waals surface area contributed by atoms with Crippen LogP contribution in [0.5, 0.6) is 0 Å². The van der Waals surface area contributed by atoms with Crippen molar-refractivity contribution in [3.63, 3.8) is 0 Å². The first-order chi connectivity index (χ1) is 9.49. The molecule has 7 heteroatoms. The molecule has 0 bridgehead atoms. The number of likely N-dealkylation sites (tertiary alicyclic amines) is 1. The second-order valence-corrected chi connectivity index (χ2v) is 5.60. The van der Waals surface area contributed by atoms with Crippen molar-refractivity contribution in [1.29, 1.82) is 0 Å². The summed E-state index contributed by atoms with van der Waals surface area (Å²) in [5, 5.41) is 11.4. The molecule has 2 unspecified atom stereocenters. The van der Waals surface area contributed by atoms with E-state index in [0.717, 1.165) is 32.1 Å². The highest BCUT2D eigenvalue weighted by atomic mass is 16.4. The van der Waals surface area contributed by atoms with Crippen LogP contribution in [0.2, 0.25) is 0 Å². The minimum atomic E-state index is -1.25. The number of carboxylic acids is 1. The lowest BCUT2D eigenvalue weighted by Crippen LogP contribution is -2.54. The van der Waals surface area contributed by atoms with Crippen LogP contribution in [0.25, 0.3) is 0 Å². The first-order valence-corrected chi connectivity index (χ1v) is 7.07. The number of piperidine rings is 1. The zero-order valence-electron chi connectivity index (χ0n) is 11.4. The van der Waals surface area contributed by atoms with Crippen LogP contribution in [0.3, 0.4) is 0 Å². The Morgan fingerprint density at radius 2 is 1.95 bits per heavy atom. The van der Waals surface area contributed by atoms with Gasteiger partial charge in [0, 0.05) is 12.6 Å². The highest BCUT2D eigenvalue weighted by Crippen LogP contribution is 2.36. The third-order valence-electron chi connectivity index (χ3n) is 4.26. The highest BCUT2D eigenvalue weighted by molar-refractivity contribution is 5.87. The molecule has 0 aromatic rings. The van der Waals surface area contributed by atoms with E-state index >= 15 is 0 Å². The number of nitrogens with two attached hydrogens (primary N) is 1. The van der Waals surface area contributed by atoms with Gasteiger partial charge in [0.1, 0.15) is 6.04 Å². The van der Waals surface area contributed by atoms with Gasteiger partial charge in [-0.2, -0.15) is 0 Å². The molecule has 0 aromatic carbocycles. The SMILES string of the molecule is NC(=O)C[C@@H](NC(=O)N1CCCC2CCCC21)C(=O)O. The summed E-state index contributed by atoms with van der Waals surface area (Å²) in [5.74, 6) is -1.44. The third kappa shape index (κ3) is 3.20. The molecule has 0 aromatic heterocycles. The van der Waals surface area contributed by atoms with Crippen molar-refractivity contribution in [2.45, 2.75) is 50.6 Å². The number of amides is 3. The fourth-order valence-electron chi connectivity index (χ4n) is 3.34. The number of urea groups is 1. The van der Waals surface area contributed by atoms with Gasteiger partial charge in [0.05, 0.1) is 6.42 Å². The van der Waals surface area contributed by atoms with E-state index in [-0.39, 0.29) is 12.5 Å². The standard InChI is InChI=1S/C13H21N3O4/c14-11(17)7-9(12(18)19)15-13(20)16-6-2-4-8-3-1-5-10(8)16/h8-10H,1-7H2,(H2,14,17)(H,15,20)(H,18,19)/t8?,9-,10?/m1/s1. The van der Waals surface area contributed by atoms with Crippen LogP contribution in [0.4, 0.5) is 4.79 Å². The number of rotatable bonds is 4. The molecule has 2 fully saturated rings. The highest BCUT2D eigenvalue weighted by Gasteiger charge is 2.38. The van der Waals surface area contributed by atoms with Crippen LogP contribution >= 0.6 is 0 Å². The fraction of sp³-hybridized carbons (Fsp3) is 0.769. The summed E-state index contributed by atoms with van der Waals surface area (Å²) in [6.45, 7) is 0.649. The summed E-state index contributed by atoms with van der Waals surface area (Å²) in [5.41, 5.74) is 5.00. The Bertz CT molecular complexity index is 412. The van der Waals surface area contributed by atoms with E-state index in [1.54, 1.807) is 4.90 Å². The van der Waals surface area contributed by atoms with Gasteiger partial charge in [0.25, 0.3) is 0 Å². The van der Waals surface area contributed by atoms with Crippen molar-refractivity contribution in [1.82, 2.24) is 10.2 Å². The molecular formula is C13H21N3O4. The number of hydrogen-bond acceptors (Lipinski definition) is 3. The van der Waals surface area contributed by atoms with Gasteiger partial charge in [-0.3, -0.25) is 4.79 Å². The number of hydrogen-bond donors (Lipinski definition) is 3.